The number of hydrogen-bond acceptors (Lipinski definition) is 6. The van der Waals surface area contributed by atoms with Crippen molar-refractivity contribution in [3.8, 4) is 11.5 Å². The van der Waals surface area contributed by atoms with Gasteiger partial charge in [0.2, 0.25) is 0 Å². The fourth-order valence-corrected chi connectivity index (χ4v) is 5.09. The van der Waals surface area contributed by atoms with E-state index in [0.29, 0.717) is 20.8 Å². The minimum atomic E-state index is -1.06. The van der Waals surface area contributed by atoms with Gasteiger partial charge in [0.15, 0.2) is 11.4 Å². The third kappa shape index (κ3) is 4.71. The number of thiazole rings is 1. The SMILES string of the molecule is COc1ccccc1C1C=C(c2ccccc2)N=c2s/c(=C\c3cccc(OCC(=O)O)c3)c(=O)n21. The Morgan fingerprint density at radius 3 is 2.64 bits per heavy atom. The number of ether oxygens (including phenoxy) is 2. The molecule has 8 heteroatoms. The van der Waals surface area contributed by atoms with E-state index in [4.69, 9.17) is 19.6 Å². The van der Waals surface area contributed by atoms with Crippen LogP contribution in [-0.2, 0) is 4.79 Å². The standard InChI is InChI=1S/C28H22N2O5S/c1-34-24-13-6-5-12-21(24)23-16-22(19-9-3-2-4-10-19)29-28-30(23)27(33)25(36-28)15-18-8-7-11-20(14-18)35-17-26(31)32/h2-16,23H,17H2,1H3,(H,31,32)/b25-15-. The van der Waals surface area contributed by atoms with E-state index in [1.54, 1.807) is 36.0 Å². The lowest BCUT2D eigenvalue weighted by atomic mass is 10.0. The van der Waals surface area contributed by atoms with Crippen LogP contribution in [0.25, 0.3) is 11.8 Å². The number of carboxylic acids is 1. The van der Waals surface area contributed by atoms with Crippen molar-refractivity contribution in [2.24, 2.45) is 4.99 Å². The Kier molecular flexibility index (Phi) is 6.51. The van der Waals surface area contributed by atoms with Gasteiger partial charge in [-0.15, -0.1) is 0 Å². The van der Waals surface area contributed by atoms with Crippen LogP contribution in [0, 0.1) is 0 Å². The number of fused-ring (bicyclic) bond motifs is 1. The molecule has 4 aromatic rings. The maximum absolute atomic E-state index is 13.6. The molecule has 1 aliphatic heterocycles. The van der Waals surface area contributed by atoms with E-state index in [0.717, 1.165) is 22.4 Å². The maximum atomic E-state index is 13.6. The van der Waals surface area contributed by atoms with E-state index >= 15 is 0 Å². The Morgan fingerprint density at radius 1 is 1.08 bits per heavy atom. The highest BCUT2D eigenvalue weighted by molar-refractivity contribution is 7.07. The zero-order chi connectivity index (χ0) is 25.1. The first-order chi connectivity index (χ1) is 17.5. The van der Waals surface area contributed by atoms with Gasteiger partial charge in [0.05, 0.1) is 23.4 Å². The number of hydrogen-bond donors (Lipinski definition) is 1. The first kappa shape index (κ1) is 23.3. The summed E-state index contributed by atoms with van der Waals surface area (Å²) in [4.78, 5) is 29.9. The minimum Gasteiger partial charge on any atom is -0.496 e. The molecule has 5 rings (SSSR count). The van der Waals surface area contributed by atoms with Gasteiger partial charge in [0.25, 0.3) is 5.56 Å². The zero-order valence-corrected chi connectivity index (χ0v) is 20.1. The van der Waals surface area contributed by atoms with Crippen molar-refractivity contribution in [2.45, 2.75) is 6.04 Å². The highest BCUT2D eigenvalue weighted by Gasteiger charge is 2.24. The maximum Gasteiger partial charge on any atom is 0.341 e. The number of rotatable bonds is 7. The number of benzene rings is 3. The van der Waals surface area contributed by atoms with Gasteiger partial charge in [-0.3, -0.25) is 9.36 Å². The van der Waals surface area contributed by atoms with Gasteiger partial charge < -0.3 is 14.6 Å². The summed E-state index contributed by atoms with van der Waals surface area (Å²) < 4.78 is 13.1. The predicted octanol–water partition coefficient (Wildman–Crippen LogP) is 3.47. The lowest BCUT2D eigenvalue weighted by Gasteiger charge is -2.21. The number of carbonyl (C=O) groups is 1. The molecule has 0 spiro atoms. The second-order valence-corrected chi connectivity index (χ2v) is 9.05. The molecule has 0 fully saturated rings. The second kappa shape index (κ2) is 10.1. The summed E-state index contributed by atoms with van der Waals surface area (Å²) >= 11 is 1.30. The Bertz CT molecular complexity index is 1640. The average Bonchev–Trinajstić information content (AvgIpc) is 3.22. The van der Waals surface area contributed by atoms with Crippen LogP contribution < -0.4 is 24.4 Å². The number of methoxy groups -OCH3 is 1. The molecule has 0 radical (unpaired) electrons. The molecule has 7 nitrogen and oxygen atoms in total. The van der Waals surface area contributed by atoms with E-state index in [9.17, 15) is 9.59 Å². The highest BCUT2D eigenvalue weighted by atomic mass is 32.1. The molecule has 2 heterocycles. The Hall–Kier alpha value is -4.43. The fourth-order valence-electron chi connectivity index (χ4n) is 4.07. The van der Waals surface area contributed by atoms with Crippen molar-refractivity contribution in [3.05, 3.63) is 121 Å². The first-order valence-corrected chi connectivity index (χ1v) is 12.0. The third-order valence-corrected chi connectivity index (χ3v) is 6.68. The third-order valence-electron chi connectivity index (χ3n) is 5.69. The van der Waals surface area contributed by atoms with Crippen LogP contribution in [0.4, 0.5) is 0 Å². The normalized spacial score (nSPS) is 15.0. The molecule has 3 aromatic carbocycles. The molecule has 0 bridgehead atoms. The van der Waals surface area contributed by atoms with Crippen LogP contribution in [-0.4, -0.2) is 29.4 Å². The van der Waals surface area contributed by atoms with Crippen LogP contribution in [0.5, 0.6) is 11.5 Å². The number of aliphatic carboxylic acids is 1. The molecule has 1 atom stereocenters. The van der Waals surface area contributed by atoms with Crippen LogP contribution in [0.15, 0.2) is 94.7 Å². The lowest BCUT2D eigenvalue weighted by molar-refractivity contribution is -0.139. The summed E-state index contributed by atoms with van der Waals surface area (Å²) in [7, 11) is 1.61. The molecule has 0 saturated heterocycles. The summed E-state index contributed by atoms with van der Waals surface area (Å²) in [5, 5.41) is 8.87. The van der Waals surface area contributed by atoms with Crippen molar-refractivity contribution in [1.82, 2.24) is 4.57 Å². The van der Waals surface area contributed by atoms with Gasteiger partial charge in [0.1, 0.15) is 11.5 Å². The summed E-state index contributed by atoms with van der Waals surface area (Å²) in [6.45, 7) is -0.438. The number of para-hydroxylation sites is 1. The zero-order valence-electron chi connectivity index (χ0n) is 19.3. The van der Waals surface area contributed by atoms with Crippen LogP contribution in [0.3, 0.4) is 0 Å². The largest absolute Gasteiger partial charge is 0.496 e. The van der Waals surface area contributed by atoms with E-state index in [1.807, 2.05) is 66.7 Å². The number of nitrogens with zero attached hydrogens (tertiary/aromatic N) is 2. The van der Waals surface area contributed by atoms with Crippen molar-refractivity contribution in [2.75, 3.05) is 13.7 Å². The summed E-state index contributed by atoms with van der Waals surface area (Å²) in [6.07, 6.45) is 3.75. The molecule has 1 aliphatic rings. The number of carboxylic acid groups (broad SMARTS) is 1. The molecule has 1 unspecified atom stereocenters. The van der Waals surface area contributed by atoms with Crippen molar-refractivity contribution >= 4 is 29.1 Å². The molecule has 1 N–H and O–H groups in total. The van der Waals surface area contributed by atoms with E-state index in [-0.39, 0.29) is 5.56 Å². The van der Waals surface area contributed by atoms with Gasteiger partial charge in [-0.05, 0) is 41.5 Å². The Labute approximate surface area is 210 Å². The first-order valence-electron chi connectivity index (χ1n) is 11.2. The monoisotopic (exact) mass is 498 g/mol. The molecule has 1 aromatic heterocycles. The molecular formula is C28H22N2O5S. The van der Waals surface area contributed by atoms with Crippen LogP contribution in [0.2, 0.25) is 0 Å². The van der Waals surface area contributed by atoms with E-state index < -0.39 is 18.6 Å². The molecule has 0 aliphatic carbocycles. The van der Waals surface area contributed by atoms with Gasteiger partial charge in [-0.25, -0.2) is 9.79 Å². The second-order valence-electron chi connectivity index (χ2n) is 8.04. The topological polar surface area (TPSA) is 90.1 Å². The predicted molar refractivity (Wildman–Crippen MR) is 138 cm³/mol. The Morgan fingerprint density at radius 2 is 1.86 bits per heavy atom. The van der Waals surface area contributed by atoms with Crippen molar-refractivity contribution in [1.29, 1.82) is 0 Å². The summed E-state index contributed by atoms with van der Waals surface area (Å²) in [5.41, 5.74) is 3.15. The van der Waals surface area contributed by atoms with Gasteiger partial charge in [0, 0.05) is 5.56 Å². The lowest BCUT2D eigenvalue weighted by Crippen LogP contribution is -2.36. The van der Waals surface area contributed by atoms with Gasteiger partial charge in [-0.1, -0.05) is 72.0 Å². The Balaban J connectivity index is 1.66. The van der Waals surface area contributed by atoms with E-state index in [2.05, 4.69) is 0 Å². The van der Waals surface area contributed by atoms with E-state index in [1.165, 1.54) is 11.3 Å². The summed E-state index contributed by atoms with van der Waals surface area (Å²) in [5.74, 6) is 0.0439. The van der Waals surface area contributed by atoms with Crippen molar-refractivity contribution < 1.29 is 19.4 Å². The average molecular weight is 499 g/mol. The number of allylic oxidation sites excluding steroid dienone is 1. The van der Waals surface area contributed by atoms with Crippen molar-refractivity contribution in [3.63, 3.8) is 0 Å². The minimum absolute atomic E-state index is 0.171. The fraction of sp³-hybridized carbons (Fsp3) is 0.107. The van der Waals surface area contributed by atoms with Gasteiger partial charge >= 0.3 is 5.97 Å². The molecule has 0 amide bonds. The molecule has 36 heavy (non-hydrogen) atoms. The quantitative estimate of drug-likeness (QED) is 0.421. The molecule has 180 valence electrons. The summed E-state index contributed by atoms with van der Waals surface area (Å²) in [6, 6.07) is 24.1. The smallest absolute Gasteiger partial charge is 0.341 e. The van der Waals surface area contributed by atoms with Gasteiger partial charge in [-0.2, -0.15) is 0 Å². The highest BCUT2D eigenvalue weighted by Crippen LogP contribution is 2.32. The molecular weight excluding hydrogens is 476 g/mol. The number of aromatic nitrogens is 1. The molecule has 0 saturated carbocycles. The van der Waals surface area contributed by atoms with Crippen LogP contribution in [0.1, 0.15) is 22.7 Å². The van der Waals surface area contributed by atoms with Crippen LogP contribution >= 0.6 is 11.3 Å².